The smallest absolute Gasteiger partial charge is 0.154 e. The van der Waals surface area contributed by atoms with Gasteiger partial charge in [0.1, 0.15) is 0 Å². The third-order valence-corrected chi connectivity index (χ3v) is 3.46. The minimum Gasteiger partial charge on any atom is -0.390 e. The third kappa shape index (κ3) is 2.41. The summed E-state index contributed by atoms with van der Waals surface area (Å²) in [5.41, 5.74) is 2.85. The van der Waals surface area contributed by atoms with Crippen LogP contribution in [0.1, 0.15) is 0 Å². The largest absolute Gasteiger partial charge is 0.390 e. The van der Waals surface area contributed by atoms with Gasteiger partial charge in [-0.15, -0.1) is 0 Å². The molecule has 12 heavy (non-hydrogen) atoms. The fourth-order valence-electron chi connectivity index (χ4n) is 1.28. The Kier molecular flexibility index (Phi) is 2.72. The number of hydrogen-bond acceptors (Lipinski definition) is 5. The van der Waals surface area contributed by atoms with E-state index in [2.05, 4.69) is 5.43 Å². The maximum absolute atomic E-state index is 11.0. The van der Waals surface area contributed by atoms with Crippen molar-refractivity contribution in [2.24, 2.45) is 0 Å². The molecular weight excluding hydrogens is 180 g/mol. The molecule has 0 amide bonds. The van der Waals surface area contributed by atoms with Crippen LogP contribution in [-0.2, 0) is 9.84 Å². The van der Waals surface area contributed by atoms with Gasteiger partial charge in [-0.3, -0.25) is 5.01 Å². The average Bonchev–Trinajstić information content (AvgIpc) is 2.03. The van der Waals surface area contributed by atoms with Crippen LogP contribution >= 0.6 is 0 Å². The van der Waals surface area contributed by atoms with Crippen LogP contribution in [0.2, 0.25) is 0 Å². The molecule has 1 saturated heterocycles. The van der Waals surface area contributed by atoms with E-state index in [0.29, 0.717) is 0 Å². The van der Waals surface area contributed by atoms with E-state index in [-0.39, 0.29) is 17.5 Å². The van der Waals surface area contributed by atoms with Crippen molar-refractivity contribution in [3.05, 3.63) is 0 Å². The maximum atomic E-state index is 11.0. The van der Waals surface area contributed by atoms with Crippen LogP contribution < -0.4 is 5.43 Å². The molecule has 1 heterocycles. The minimum absolute atomic E-state index is 0.0202. The normalized spacial score (nSPS) is 34.3. The van der Waals surface area contributed by atoms with Crippen LogP contribution in [0.3, 0.4) is 0 Å². The standard InChI is InChI=1S/C6H14N2O3S/c1-8(2)7-5-3-12(10,11)4-6(5)9/h5-7,9H,3-4H2,1-2H3/t5-,6-/m0/s1. The molecule has 72 valence electrons. The van der Waals surface area contributed by atoms with Crippen LogP contribution in [0.4, 0.5) is 0 Å². The summed E-state index contributed by atoms with van der Waals surface area (Å²) in [6, 6.07) is -0.356. The second-order valence-electron chi connectivity index (χ2n) is 3.27. The molecule has 1 fully saturated rings. The summed E-state index contributed by atoms with van der Waals surface area (Å²) in [5, 5.41) is 11.0. The van der Waals surface area contributed by atoms with Gasteiger partial charge in [-0.1, -0.05) is 0 Å². The van der Waals surface area contributed by atoms with Crippen LogP contribution in [0.5, 0.6) is 0 Å². The summed E-state index contributed by atoms with van der Waals surface area (Å²) in [4.78, 5) is 0. The van der Waals surface area contributed by atoms with Gasteiger partial charge in [0.25, 0.3) is 0 Å². The van der Waals surface area contributed by atoms with Gasteiger partial charge in [-0.05, 0) is 0 Å². The fourth-order valence-corrected chi connectivity index (χ4v) is 3.02. The van der Waals surface area contributed by atoms with Gasteiger partial charge < -0.3 is 5.11 Å². The first-order valence-electron chi connectivity index (χ1n) is 3.73. The number of hydrazine groups is 1. The molecule has 0 saturated carbocycles. The molecule has 6 heteroatoms. The topological polar surface area (TPSA) is 69.6 Å². The van der Waals surface area contributed by atoms with E-state index in [4.69, 9.17) is 0 Å². The molecule has 1 rings (SSSR count). The zero-order chi connectivity index (χ0) is 9.35. The van der Waals surface area contributed by atoms with Crippen molar-refractivity contribution in [1.29, 1.82) is 0 Å². The van der Waals surface area contributed by atoms with E-state index in [1.165, 1.54) is 0 Å². The lowest BCUT2D eigenvalue weighted by Gasteiger charge is -2.19. The third-order valence-electron chi connectivity index (χ3n) is 1.75. The SMILES string of the molecule is CN(C)N[C@H]1CS(=O)(=O)C[C@@H]1O. The Balaban J connectivity index is 2.58. The Bertz CT molecular complexity index is 250. The first-order valence-corrected chi connectivity index (χ1v) is 5.55. The maximum Gasteiger partial charge on any atom is 0.154 e. The fraction of sp³-hybridized carbons (Fsp3) is 1.00. The monoisotopic (exact) mass is 194 g/mol. The van der Waals surface area contributed by atoms with Gasteiger partial charge in [0.2, 0.25) is 0 Å². The molecule has 0 unspecified atom stereocenters. The summed E-state index contributed by atoms with van der Waals surface area (Å²) in [7, 11) is 0.494. The summed E-state index contributed by atoms with van der Waals surface area (Å²) >= 11 is 0. The number of hydrogen-bond donors (Lipinski definition) is 2. The van der Waals surface area contributed by atoms with Gasteiger partial charge in [-0.2, -0.15) is 0 Å². The zero-order valence-electron chi connectivity index (χ0n) is 7.19. The molecule has 0 aromatic carbocycles. The van der Waals surface area contributed by atoms with Crippen molar-refractivity contribution >= 4 is 9.84 Å². The molecule has 0 aromatic rings. The van der Waals surface area contributed by atoms with E-state index >= 15 is 0 Å². The van der Waals surface area contributed by atoms with Crippen molar-refractivity contribution in [2.75, 3.05) is 25.6 Å². The molecule has 1 aliphatic heterocycles. The highest BCUT2D eigenvalue weighted by Gasteiger charge is 2.36. The molecule has 0 aliphatic carbocycles. The molecule has 2 N–H and O–H groups in total. The highest BCUT2D eigenvalue weighted by atomic mass is 32.2. The van der Waals surface area contributed by atoms with Gasteiger partial charge in [0.15, 0.2) is 9.84 Å². The van der Waals surface area contributed by atoms with E-state index < -0.39 is 15.9 Å². The van der Waals surface area contributed by atoms with E-state index in [1.54, 1.807) is 19.1 Å². The van der Waals surface area contributed by atoms with Crippen molar-refractivity contribution < 1.29 is 13.5 Å². The van der Waals surface area contributed by atoms with E-state index in [0.717, 1.165) is 0 Å². The van der Waals surface area contributed by atoms with Crippen LogP contribution in [0, 0.1) is 0 Å². The Morgan fingerprint density at radius 2 is 2.00 bits per heavy atom. The van der Waals surface area contributed by atoms with Gasteiger partial charge >= 0.3 is 0 Å². The van der Waals surface area contributed by atoms with Gasteiger partial charge in [0, 0.05) is 14.1 Å². The first-order chi connectivity index (χ1) is 5.41. The van der Waals surface area contributed by atoms with Crippen molar-refractivity contribution in [1.82, 2.24) is 10.4 Å². The second-order valence-corrected chi connectivity index (χ2v) is 5.43. The number of sulfone groups is 1. The Hall–Kier alpha value is -0.170. The van der Waals surface area contributed by atoms with Crippen molar-refractivity contribution in [3.8, 4) is 0 Å². The molecule has 5 nitrogen and oxygen atoms in total. The van der Waals surface area contributed by atoms with E-state index in [1.807, 2.05) is 0 Å². The Labute approximate surface area is 72.3 Å². The predicted octanol–water partition coefficient (Wildman–Crippen LogP) is -1.79. The summed E-state index contributed by atoms with van der Waals surface area (Å²) in [6.07, 6.45) is -0.780. The van der Waals surface area contributed by atoms with Gasteiger partial charge in [-0.25, -0.2) is 13.8 Å². The van der Waals surface area contributed by atoms with Crippen LogP contribution in [0.25, 0.3) is 0 Å². The van der Waals surface area contributed by atoms with Crippen LogP contribution in [-0.4, -0.2) is 56.3 Å². The second kappa shape index (κ2) is 3.29. The van der Waals surface area contributed by atoms with Crippen molar-refractivity contribution in [3.63, 3.8) is 0 Å². The number of aliphatic hydroxyl groups is 1. The number of nitrogens with zero attached hydrogens (tertiary/aromatic N) is 1. The Morgan fingerprint density at radius 1 is 1.42 bits per heavy atom. The average molecular weight is 194 g/mol. The van der Waals surface area contributed by atoms with Gasteiger partial charge in [0.05, 0.1) is 23.7 Å². The predicted molar refractivity (Wildman–Crippen MR) is 45.3 cm³/mol. The van der Waals surface area contributed by atoms with Crippen LogP contribution in [0.15, 0.2) is 0 Å². The molecule has 0 bridgehead atoms. The van der Waals surface area contributed by atoms with E-state index in [9.17, 15) is 13.5 Å². The molecule has 0 aromatic heterocycles. The zero-order valence-corrected chi connectivity index (χ0v) is 8.00. The molecular formula is C6H14N2O3S. The molecule has 0 radical (unpaired) electrons. The summed E-state index contributed by atoms with van der Waals surface area (Å²) < 4.78 is 22.0. The quantitative estimate of drug-likeness (QED) is 0.508. The number of rotatable bonds is 2. The van der Waals surface area contributed by atoms with Crippen molar-refractivity contribution in [2.45, 2.75) is 12.1 Å². The molecule has 0 spiro atoms. The first kappa shape index (κ1) is 9.91. The lowest BCUT2D eigenvalue weighted by atomic mass is 10.2. The minimum atomic E-state index is -3.03. The summed E-state index contributed by atoms with van der Waals surface area (Å²) in [5.74, 6) is -0.106. The number of aliphatic hydroxyl groups excluding tert-OH is 1. The molecule has 1 aliphatic rings. The lowest BCUT2D eigenvalue weighted by molar-refractivity contribution is 0.122. The molecule has 2 atom stereocenters. The lowest BCUT2D eigenvalue weighted by Crippen LogP contribution is -2.46. The highest BCUT2D eigenvalue weighted by Crippen LogP contribution is 2.12. The highest BCUT2D eigenvalue weighted by molar-refractivity contribution is 7.91. The Morgan fingerprint density at radius 3 is 2.33 bits per heavy atom. The summed E-state index contributed by atoms with van der Waals surface area (Å²) in [6.45, 7) is 0. The number of nitrogens with one attached hydrogen (secondary N) is 1.